The molecule has 5 heteroatoms. The zero-order chi connectivity index (χ0) is 17.6. The summed E-state index contributed by atoms with van der Waals surface area (Å²) < 4.78 is 11.7. The van der Waals surface area contributed by atoms with Crippen LogP contribution in [0, 0.1) is 5.41 Å². The van der Waals surface area contributed by atoms with Crippen LogP contribution < -0.4 is 9.47 Å². The zero-order valence-corrected chi connectivity index (χ0v) is 14.7. The molecule has 1 fully saturated rings. The summed E-state index contributed by atoms with van der Waals surface area (Å²) in [5, 5.41) is 0. The van der Waals surface area contributed by atoms with E-state index in [0.29, 0.717) is 11.5 Å². The molecule has 0 N–H and O–H groups in total. The number of likely N-dealkylation sites (N-methyl/N-ethyl adjacent to an activating group) is 1. The van der Waals surface area contributed by atoms with Gasteiger partial charge in [0, 0.05) is 11.6 Å². The highest BCUT2D eigenvalue weighted by molar-refractivity contribution is 6.03. The van der Waals surface area contributed by atoms with Crippen LogP contribution in [0.15, 0.2) is 24.3 Å². The SMILES string of the molecule is COc1ccc2c3c1O[C@H]1C(=O)C=C[C@@]4(C(C)=O)[C@@H](C2)N(C)CC[C@]314. The van der Waals surface area contributed by atoms with Crippen LogP contribution >= 0.6 is 0 Å². The summed E-state index contributed by atoms with van der Waals surface area (Å²) in [4.78, 5) is 28.1. The second kappa shape index (κ2) is 4.52. The minimum atomic E-state index is -0.719. The number of rotatable bonds is 2. The fraction of sp³-hybridized carbons (Fsp3) is 0.500. The lowest BCUT2D eigenvalue weighted by molar-refractivity contribution is -0.148. The molecule has 130 valence electrons. The second-order valence-corrected chi connectivity index (χ2v) is 7.71. The molecule has 2 aliphatic heterocycles. The predicted molar refractivity (Wildman–Crippen MR) is 91.1 cm³/mol. The minimum Gasteiger partial charge on any atom is -0.493 e. The maximum atomic E-state index is 13.1. The average Bonchev–Trinajstić information content (AvgIpc) is 2.95. The lowest BCUT2D eigenvalue weighted by Gasteiger charge is -2.61. The van der Waals surface area contributed by atoms with E-state index in [0.717, 1.165) is 24.9 Å². The number of ether oxygens (including phenoxy) is 2. The van der Waals surface area contributed by atoms with Crippen molar-refractivity contribution in [2.75, 3.05) is 20.7 Å². The first kappa shape index (κ1) is 15.1. The first-order valence-corrected chi connectivity index (χ1v) is 8.78. The van der Waals surface area contributed by atoms with Crippen molar-refractivity contribution in [1.82, 2.24) is 4.90 Å². The molecule has 0 amide bonds. The topological polar surface area (TPSA) is 55.8 Å². The zero-order valence-electron chi connectivity index (χ0n) is 14.7. The van der Waals surface area contributed by atoms with Crippen molar-refractivity contribution in [3.63, 3.8) is 0 Å². The number of likely N-dealkylation sites (tertiary alicyclic amines) is 1. The van der Waals surface area contributed by atoms with Gasteiger partial charge in [-0.1, -0.05) is 12.1 Å². The molecule has 1 spiro atoms. The number of nitrogens with zero attached hydrogens (tertiary/aromatic N) is 1. The number of ketones is 2. The third-order valence-corrected chi connectivity index (χ3v) is 6.98. The molecule has 5 rings (SSSR count). The fourth-order valence-electron chi connectivity index (χ4n) is 5.98. The van der Waals surface area contributed by atoms with Crippen LogP contribution in [0.4, 0.5) is 0 Å². The monoisotopic (exact) mass is 339 g/mol. The molecular formula is C20H21NO4. The Kier molecular flexibility index (Phi) is 2.74. The third-order valence-electron chi connectivity index (χ3n) is 6.98. The van der Waals surface area contributed by atoms with E-state index in [-0.39, 0.29) is 17.6 Å². The normalized spacial score (nSPS) is 37.5. The largest absolute Gasteiger partial charge is 0.493 e. The molecule has 0 saturated carbocycles. The molecule has 4 aliphatic rings. The summed E-state index contributed by atoms with van der Waals surface area (Å²) in [5.41, 5.74) is 0.881. The Labute approximate surface area is 146 Å². The van der Waals surface area contributed by atoms with E-state index in [1.54, 1.807) is 20.1 Å². The van der Waals surface area contributed by atoms with Crippen molar-refractivity contribution < 1.29 is 19.1 Å². The van der Waals surface area contributed by atoms with Crippen LogP contribution in [0.25, 0.3) is 0 Å². The highest BCUT2D eigenvalue weighted by Gasteiger charge is 2.73. The Balaban J connectivity index is 1.92. The summed E-state index contributed by atoms with van der Waals surface area (Å²) >= 11 is 0. The molecule has 1 aromatic rings. The fourth-order valence-corrected chi connectivity index (χ4v) is 5.98. The number of piperidine rings is 1. The van der Waals surface area contributed by atoms with E-state index >= 15 is 0 Å². The molecule has 0 radical (unpaired) electrons. The van der Waals surface area contributed by atoms with Crippen molar-refractivity contribution in [1.29, 1.82) is 0 Å². The second-order valence-electron chi connectivity index (χ2n) is 7.71. The van der Waals surface area contributed by atoms with Gasteiger partial charge in [0.15, 0.2) is 23.4 Å². The molecule has 2 bridgehead atoms. The summed E-state index contributed by atoms with van der Waals surface area (Å²) in [6.07, 6.45) is 4.32. The van der Waals surface area contributed by atoms with Crippen molar-refractivity contribution in [3.05, 3.63) is 35.4 Å². The van der Waals surface area contributed by atoms with E-state index in [1.807, 2.05) is 12.1 Å². The van der Waals surface area contributed by atoms with Gasteiger partial charge in [0.1, 0.15) is 5.78 Å². The summed E-state index contributed by atoms with van der Waals surface area (Å²) in [6, 6.07) is 4.03. The van der Waals surface area contributed by atoms with Gasteiger partial charge in [0.2, 0.25) is 0 Å². The van der Waals surface area contributed by atoms with Gasteiger partial charge in [-0.15, -0.1) is 0 Å². The van der Waals surface area contributed by atoms with Crippen LogP contribution in [-0.4, -0.2) is 49.3 Å². The number of Topliss-reactive ketones (excluding diaryl/α,β-unsaturated/α-hetero) is 1. The van der Waals surface area contributed by atoms with Crippen LogP contribution in [0.1, 0.15) is 24.5 Å². The average molecular weight is 339 g/mol. The van der Waals surface area contributed by atoms with Gasteiger partial charge in [0.05, 0.1) is 17.9 Å². The summed E-state index contributed by atoms with van der Waals surface area (Å²) in [5.74, 6) is 1.37. The van der Waals surface area contributed by atoms with E-state index in [4.69, 9.17) is 9.47 Å². The minimum absolute atomic E-state index is 0.0426. The number of carbonyl (C=O) groups excluding carboxylic acids is 2. The first-order chi connectivity index (χ1) is 12.0. The van der Waals surface area contributed by atoms with Crippen LogP contribution in [0.2, 0.25) is 0 Å². The van der Waals surface area contributed by atoms with Gasteiger partial charge >= 0.3 is 0 Å². The third kappa shape index (κ3) is 1.42. The van der Waals surface area contributed by atoms with Gasteiger partial charge in [-0.25, -0.2) is 0 Å². The number of hydrogen-bond acceptors (Lipinski definition) is 5. The molecule has 2 aliphatic carbocycles. The van der Waals surface area contributed by atoms with E-state index < -0.39 is 16.9 Å². The Bertz CT molecular complexity index is 859. The smallest absolute Gasteiger partial charge is 0.196 e. The Morgan fingerprint density at radius 2 is 2.20 bits per heavy atom. The van der Waals surface area contributed by atoms with E-state index in [2.05, 4.69) is 18.0 Å². The van der Waals surface area contributed by atoms with Crippen molar-refractivity contribution >= 4 is 11.6 Å². The number of carbonyl (C=O) groups is 2. The van der Waals surface area contributed by atoms with Gasteiger partial charge < -0.3 is 14.4 Å². The molecule has 1 aromatic carbocycles. The molecule has 5 nitrogen and oxygen atoms in total. The van der Waals surface area contributed by atoms with Crippen LogP contribution in [-0.2, 0) is 21.4 Å². The Hall–Kier alpha value is -2.14. The van der Waals surface area contributed by atoms with Crippen LogP contribution in [0.5, 0.6) is 11.5 Å². The Morgan fingerprint density at radius 3 is 2.92 bits per heavy atom. The van der Waals surface area contributed by atoms with Crippen LogP contribution in [0.3, 0.4) is 0 Å². The maximum absolute atomic E-state index is 13.1. The van der Waals surface area contributed by atoms with Crippen molar-refractivity contribution in [2.24, 2.45) is 5.41 Å². The lowest BCUT2D eigenvalue weighted by Crippen LogP contribution is -2.72. The van der Waals surface area contributed by atoms with E-state index in [1.165, 1.54) is 5.56 Å². The predicted octanol–water partition coefficient (Wildman–Crippen LogP) is 1.67. The lowest BCUT2D eigenvalue weighted by atomic mass is 9.44. The number of methoxy groups -OCH3 is 1. The molecule has 0 unspecified atom stereocenters. The first-order valence-electron chi connectivity index (χ1n) is 8.78. The molecular weight excluding hydrogens is 318 g/mol. The summed E-state index contributed by atoms with van der Waals surface area (Å²) in [7, 11) is 3.69. The van der Waals surface area contributed by atoms with Gasteiger partial charge in [-0.05, 0) is 51.1 Å². The molecule has 25 heavy (non-hydrogen) atoms. The molecule has 1 saturated heterocycles. The quantitative estimate of drug-likeness (QED) is 0.820. The van der Waals surface area contributed by atoms with Gasteiger partial charge in [-0.2, -0.15) is 0 Å². The molecule has 4 atom stereocenters. The maximum Gasteiger partial charge on any atom is 0.196 e. The standard InChI is InChI=1S/C20H21NO4/c1-11(22)19-7-6-13(23)18-20(19)8-9-21(2)15(19)10-12-4-5-14(24-3)17(25-18)16(12)20/h4-7,15,18H,8-10H2,1-3H3/t15-,18+,19-,20+/m1/s1. The highest BCUT2D eigenvalue weighted by Crippen LogP contribution is 2.67. The van der Waals surface area contributed by atoms with E-state index in [9.17, 15) is 9.59 Å². The number of hydrogen-bond donors (Lipinski definition) is 0. The van der Waals surface area contributed by atoms with Crippen molar-refractivity contribution in [2.45, 2.75) is 37.3 Å². The van der Waals surface area contributed by atoms with Gasteiger partial charge in [0.25, 0.3) is 0 Å². The van der Waals surface area contributed by atoms with Crippen molar-refractivity contribution in [3.8, 4) is 11.5 Å². The molecule has 2 heterocycles. The van der Waals surface area contributed by atoms with Gasteiger partial charge in [-0.3, -0.25) is 9.59 Å². The summed E-state index contributed by atoms with van der Waals surface area (Å²) in [6.45, 7) is 2.50. The number of benzene rings is 1. The highest BCUT2D eigenvalue weighted by atomic mass is 16.5. The Morgan fingerprint density at radius 1 is 1.40 bits per heavy atom. The molecule has 0 aromatic heterocycles.